The van der Waals surface area contributed by atoms with Crippen LogP contribution in [-0.4, -0.2) is 16.6 Å². The topological polar surface area (TPSA) is 37.4 Å². The van der Waals surface area contributed by atoms with Crippen LogP contribution in [0.3, 0.4) is 0 Å². The molecule has 0 radical (unpaired) electrons. The lowest BCUT2D eigenvalue weighted by molar-refractivity contribution is -0.131. The Kier molecular flexibility index (Phi) is 3.72. The van der Waals surface area contributed by atoms with Gasteiger partial charge in [0, 0.05) is 19.0 Å². The quantitative estimate of drug-likeness (QED) is 0.763. The molecule has 1 unspecified atom stereocenters. The maximum Gasteiger partial charge on any atom is 0.230 e. The van der Waals surface area contributed by atoms with E-state index < -0.39 is 0 Å². The highest BCUT2D eigenvalue weighted by Gasteiger charge is 2.27. The zero-order chi connectivity index (χ0) is 13.0. The largest absolute Gasteiger partial charge is 0.311 e. The molecule has 0 N–H and O–H groups in total. The number of carbonyl (C=O) groups is 2. The summed E-state index contributed by atoms with van der Waals surface area (Å²) < 4.78 is 0. The molecule has 0 fully saturated rings. The summed E-state index contributed by atoms with van der Waals surface area (Å²) in [4.78, 5) is 25.1. The highest BCUT2D eigenvalue weighted by molar-refractivity contribution is 5.93. The number of benzene rings is 1. The van der Waals surface area contributed by atoms with Gasteiger partial charge in [-0.05, 0) is 11.6 Å². The SMILES string of the molecule is C=CCC(=O)N1C=CC(=O)CC1c1ccccc1. The van der Waals surface area contributed by atoms with Gasteiger partial charge in [0.15, 0.2) is 5.78 Å². The van der Waals surface area contributed by atoms with Crippen LogP contribution in [0, 0.1) is 0 Å². The molecule has 18 heavy (non-hydrogen) atoms. The molecule has 92 valence electrons. The van der Waals surface area contributed by atoms with Gasteiger partial charge in [-0.3, -0.25) is 9.59 Å². The molecule has 0 saturated carbocycles. The van der Waals surface area contributed by atoms with Crippen LogP contribution in [0.15, 0.2) is 55.3 Å². The Morgan fingerprint density at radius 2 is 2.11 bits per heavy atom. The van der Waals surface area contributed by atoms with Crippen molar-refractivity contribution in [2.75, 3.05) is 0 Å². The van der Waals surface area contributed by atoms with Crippen LogP contribution in [0.2, 0.25) is 0 Å². The minimum atomic E-state index is -0.198. The highest BCUT2D eigenvalue weighted by atomic mass is 16.2. The molecule has 3 nitrogen and oxygen atoms in total. The van der Waals surface area contributed by atoms with Gasteiger partial charge < -0.3 is 4.90 Å². The molecule has 1 aromatic rings. The molecule has 0 aromatic heterocycles. The second-order valence-corrected chi connectivity index (χ2v) is 4.21. The summed E-state index contributed by atoms with van der Waals surface area (Å²) in [7, 11) is 0. The Balaban J connectivity index is 2.30. The number of ketones is 1. The normalized spacial score (nSPS) is 18.8. The van der Waals surface area contributed by atoms with Crippen LogP contribution in [0.4, 0.5) is 0 Å². The van der Waals surface area contributed by atoms with Crippen molar-refractivity contribution in [3.8, 4) is 0 Å². The number of hydrogen-bond acceptors (Lipinski definition) is 2. The number of rotatable bonds is 3. The van der Waals surface area contributed by atoms with Gasteiger partial charge in [0.05, 0.1) is 6.04 Å². The van der Waals surface area contributed by atoms with Gasteiger partial charge in [0.25, 0.3) is 0 Å². The first-order valence-corrected chi connectivity index (χ1v) is 5.90. The van der Waals surface area contributed by atoms with Crippen molar-refractivity contribution in [1.29, 1.82) is 0 Å². The van der Waals surface area contributed by atoms with E-state index >= 15 is 0 Å². The van der Waals surface area contributed by atoms with E-state index in [2.05, 4.69) is 6.58 Å². The first-order valence-electron chi connectivity index (χ1n) is 5.90. The maximum absolute atomic E-state index is 12.0. The Labute approximate surface area is 106 Å². The van der Waals surface area contributed by atoms with Gasteiger partial charge in [0.1, 0.15) is 0 Å². The molecule has 0 spiro atoms. The van der Waals surface area contributed by atoms with Crippen molar-refractivity contribution < 1.29 is 9.59 Å². The lowest BCUT2D eigenvalue weighted by Crippen LogP contribution is -2.33. The van der Waals surface area contributed by atoms with Crippen molar-refractivity contribution in [2.45, 2.75) is 18.9 Å². The molecule has 3 heteroatoms. The maximum atomic E-state index is 12.0. The summed E-state index contributed by atoms with van der Waals surface area (Å²) in [5, 5.41) is 0. The van der Waals surface area contributed by atoms with Gasteiger partial charge in [-0.15, -0.1) is 6.58 Å². The van der Waals surface area contributed by atoms with E-state index in [4.69, 9.17) is 0 Å². The summed E-state index contributed by atoms with van der Waals surface area (Å²) >= 11 is 0. The van der Waals surface area contributed by atoms with Gasteiger partial charge in [-0.2, -0.15) is 0 Å². The van der Waals surface area contributed by atoms with E-state index in [1.54, 1.807) is 17.2 Å². The number of nitrogens with zero attached hydrogens (tertiary/aromatic N) is 1. The summed E-state index contributed by atoms with van der Waals surface area (Å²) in [6.07, 6.45) is 5.23. The molecule has 2 rings (SSSR count). The Morgan fingerprint density at radius 3 is 2.78 bits per heavy atom. The predicted molar refractivity (Wildman–Crippen MR) is 69.6 cm³/mol. The van der Waals surface area contributed by atoms with Gasteiger partial charge in [0.2, 0.25) is 5.91 Å². The molecule has 1 aromatic carbocycles. The third-order valence-electron chi connectivity index (χ3n) is 2.94. The second-order valence-electron chi connectivity index (χ2n) is 4.21. The monoisotopic (exact) mass is 241 g/mol. The summed E-state index contributed by atoms with van der Waals surface area (Å²) in [6.45, 7) is 3.57. The van der Waals surface area contributed by atoms with E-state index in [0.717, 1.165) is 5.56 Å². The van der Waals surface area contributed by atoms with Crippen LogP contribution in [0.25, 0.3) is 0 Å². The highest BCUT2D eigenvalue weighted by Crippen LogP contribution is 2.28. The fourth-order valence-corrected chi connectivity index (χ4v) is 2.06. The zero-order valence-electron chi connectivity index (χ0n) is 10.1. The Morgan fingerprint density at radius 1 is 1.39 bits per heavy atom. The average molecular weight is 241 g/mol. The number of amides is 1. The minimum Gasteiger partial charge on any atom is -0.311 e. The summed E-state index contributed by atoms with van der Waals surface area (Å²) in [5.74, 6) is 0.00843. The van der Waals surface area contributed by atoms with Crippen molar-refractivity contribution in [1.82, 2.24) is 4.90 Å². The Hall–Kier alpha value is -2.16. The van der Waals surface area contributed by atoms with E-state index in [0.29, 0.717) is 6.42 Å². The van der Waals surface area contributed by atoms with Gasteiger partial charge in [-0.25, -0.2) is 0 Å². The number of carbonyl (C=O) groups excluding carboxylic acids is 2. The second kappa shape index (κ2) is 5.45. The minimum absolute atomic E-state index is 0.0393. The van der Waals surface area contributed by atoms with Crippen molar-refractivity contribution in [2.24, 2.45) is 0 Å². The Bertz CT molecular complexity index is 490. The van der Waals surface area contributed by atoms with Crippen LogP contribution in [0.5, 0.6) is 0 Å². The van der Waals surface area contributed by atoms with Crippen LogP contribution in [0.1, 0.15) is 24.4 Å². The molecule has 0 bridgehead atoms. The van der Waals surface area contributed by atoms with E-state index in [9.17, 15) is 9.59 Å². The average Bonchev–Trinajstić information content (AvgIpc) is 2.40. The lowest BCUT2D eigenvalue weighted by atomic mass is 9.97. The molecular formula is C15H15NO2. The molecule has 1 atom stereocenters. The van der Waals surface area contributed by atoms with Crippen LogP contribution in [-0.2, 0) is 9.59 Å². The van der Waals surface area contributed by atoms with Crippen molar-refractivity contribution in [3.05, 3.63) is 60.8 Å². The zero-order valence-corrected chi connectivity index (χ0v) is 10.1. The predicted octanol–water partition coefficient (Wildman–Crippen LogP) is 2.62. The van der Waals surface area contributed by atoms with E-state index in [1.165, 1.54) is 6.08 Å². The first-order chi connectivity index (χ1) is 8.72. The van der Waals surface area contributed by atoms with E-state index in [1.807, 2.05) is 30.3 Å². The fourth-order valence-electron chi connectivity index (χ4n) is 2.06. The third-order valence-corrected chi connectivity index (χ3v) is 2.94. The molecule has 1 aliphatic rings. The standard InChI is InChI=1S/C15H15NO2/c1-2-6-15(18)16-10-9-13(17)11-14(16)12-7-4-3-5-8-12/h2-5,7-10,14H,1,6,11H2. The summed E-state index contributed by atoms with van der Waals surface area (Å²) in [6, 6.07) is 9.41. The van der Waals surface area contributed by atoms with Gasteiger partial charge in [-0.1, -0.05) is 36.4 Å². The molecule has 1 aliphatic heterocycles. The smallest absolute Gasteiger partial charge is 0.230 e. The molecule has 1 heterocycles. The molecule has 0 aliphatic carbocycles. The van der Waals surface area contributed by atoms with Crippen LogP contribution >= 0.6 is 0 Å². The molecular weight excluding hydrogens is 226 g/mol. The fraction of sp³-hybridized carbons (Fsp3) is 0.200. The van der Waals surface area contributed by atoms with Gasteiger partial charge >= 0.3 is 0 Å². The summed E-state index contributed by atoms with van der Waals surface area (Å²) in [5.41, 5.74) is 0.979. The molecule has 1 amide bonds. The van der Waals surface area contributed by atoms with E-state index in [-0.39, 0.29) is 24.2 Å². The van der Waals surface area contributed by atoms with Crippen molar-refractivity contribution >= 4 is 11.7 Å². The number of hydrogen-bond donors (Lipinski definition) is 0. The van der Waals surface area contributed by atoms with Crippen LogP contribution < -0.4 is 0 Å². The third kappa shape index (κ3) is 2.56. The lowest BCUT2D eigenvalue weighted by Gasteiger charge is -2.31. The number of allylic oxidation sites excluding steroid dienone is 1. The first kappa shape index (κ1) is 12.3. The van der Waals surface area contributed by atoms with Crippen molar-refractivity contribution in [3.63, 3.8) is 0 Å². The molecule has 0 saturated heterocycles.